The van der Waals surface area contributed by atoms with Crippen LogP contribution in [0.4, 0.5) is 8.78 Å². The van der Waals surface area contributed by atoms with Crippen LogP contribution in [0.3, 0.4) is 0 Å². The molecule has 8 nitrogen and oxygen atoms in total. The van der Waals surface area contributed by atoms with E-state index >= 15 is 0 Å². The van der Waals surface area contributed by atoms with Gasteiger partial charge in [-0.3, -0.25) is 11.5 Å². The van der Waals surface area contributed by atoms with Crippen LogP contribution in [0.25, 0.3) is 21.8 Å². The fraction of sp³-hybridized carbons (Fsp3) is 0.231. The Morgan fingerprint density at radius 3 is 1.55 bits per heavy atom. The zero-order valence-corrected chi connectivity index (χ0v) is 21.9. The van der Waals surface area contributed by atoms with Gasteiger partial charge in [0.25, 0.3) is 0 Å². The molecule has 0 bridgehead atoms. The highest BCUT2D eigenvalue weighted by molar-refractivity contribution is 6.31. The summed E-state index contributed by atoms with van der Waals surface area (Å²) in [4.78, 5) is 24.6. The number of hydrogen-bond acceptors (Lipinski definition) is 6. The van der Waals surface area contributed by atoms with E-state index in [9.17, 15) is 18.4 Å². The minimum absolute atomic E-state index is 0.000890. The molecule has 0 saturated heterocycles. The first-order chi connectivity index (χ1) is 17.7. The predicted octanol–water partition coefficient (Wildman–Crippen LogP) is 4.87. The van der Waals surface area contributed by atoms with Crippen molar-refractivity contribution in [1.29, 1.82) is 0 Å². The second-order valence-electron chi connectivity index (χ2n) is 9.34. The summed E-state index contributed by atoms with van der Waals surface area (Å²) < 4.78 is 41.6. The van der Waals surface area contributed by atoms with E-state index in [-0.39, 0.29) is 23.1 Å². The number of nitrogens with zero attached hydrogens (tertiary/aromatic N) is 2. The highest BCUT2D eigenvalue weighted by Crippen LogP contribution is 2.26. The maximum Gasteiger partial charge on any atom is 0.332 e. The van der Waals surface area contributed by atoms with Crippen molar-refractivity contribution in [1.82, 2.24) is 9.13 Å². The Bertz CT molecular complexity index is 1460. The number of ether oxygens (including phenoxy) is 2. The molecule has 2 heterocycles. The molecule has 12 heteroatoms. The summed E-state index contributed by atoms with van der Waals surface area (Å²) in [6, 6.07) is 8.93. The summed E-state index contributed by atoms with van der Waals surface area (Å²) in [6.07, 6.45) is 5.04. The molecule has 0 saturated carbocycles. The molecule has 0 fully saturated rings. The highest BCUT2D eigenvalue weighted by Gasteiger charge is 2.26. The van der Waals surface area contributed by atoms with E-state index in [1.807, 2.05) is 0 Å². The second-order valence-corrected chi connectivity index (χ2v) is 10.2. The number of hydrogen-bond donors (Lipinski definition) is 2. The monoisotopic (exact) mass is 564 g/mol. The molecule has 4 N–H and O–H groups in total. The quantitative estimate of drug-likeness (QED) is 0.179. The van der Waals surface area contributed by atoms with Crippen LogP contribution in [-0.2, 0) is 32.2 Å². The van der Waals surface area contributed by atoms with Crippen LogP contribution in [0, 0.1) is 11.6 Å². The van der Waals surface area contributed by atoms with Gasteiger partial charge < -0.3 is 18.6 Å². The van der Waals surface area contributed by atoms with Crippen molar-refractivity contribution in [2.45, 2.75) is 38.4 Å². The van der Waals surface area contributed by atoms with Crippen molar-refractivity contribution in [2.24, 2.45) is 11.5 Å². The number of halogens is 4. The third-order valence-corrected chi connectivity index (χ3v) is 6.20. The molecule has 38 heavy (non-hydrogen) atoms. The summed E-state index contributed by atoms with van der Waals surface area (Å²) in [6.45, 7) is 2.92. The zero-order valence-electron chi connectivity index (χ0n) is 20.4. The van der Waals surface area contributed by atoms with Crippen LogP contribution in [0.15, 0.2) is 60.9 Å². The topological polar surface area (TPSA) is 114 Å². The van der Waals surface area contributed by atoms with E-state index < -0.39 is 35.0 Å². The van der Waals surface area contributed by atoms with Crippen LogP contribution in [0.5, 0.6) is 0 Å². The summed E-state index contributed by atoms with van der Waals surface area (Å²) in [5.74, 6) is -2.99. The summed E-state index contributed by atoms with van der Waals surface area (Å²) >= 11 is 11.6. The number of carbonyl (C=O) groups excluding carboxylic acids is 2. The Kier molecular flexibility index (Phi) is 7.53. The molecule has 4 aromatic rings. The lowest BCUT2D eigenvalue weighted by Crippen LogP contribution is -2.45. The van der Waals surface area contributed by atoms with Crippen molar-refractivity contribution in [3.63, 3.8) is 0 Å². The summed E-state index contributed by atoms with van der Waals surface area (Å²) in [7, 11) is 0. The van der Waals surface area contributed by atoms with E-state index in [2.05, 4.69) is 0 Å². The van der Waals surface area contributed by atoms with E-state index in [1.165, 1.54) is 38.1 Å². The van der Waals surface area contributed by atoms with Gasteiger partial charge in [0.1, 0.15) is 11.6 Å². The number of carbonyl (C=O) groups is 2. The van der Waals surface area contributed by atoms with Crippen LogP contribution in [0.2, 0.25) is 10.0 Å². The fourth-order valence-electron chi connectivity index (χ4n) is 4.05. The molecule has 2 aromatic heterocycles. The van der Waals surface area contributed by atoms with Gasteiger partial charge in [-0.15, -0.1) is 0 Å². The predicted molar refractivity (Wildman–Crippen MR) is 140 cm³/mol. The Morgan fingerprint density at radius 1 is 0.816 bits per heavy atom. The molecule has 0 amide bonds. The standard InChI is InChI=1S/C26H24Cl2F2N4O4/c1-25(31,13-33-7-5-15-9-17(27)19(29)11-21(15)33)37-23(35)3-4-24(36)38-26(2,32)14-34-8-6-16-10-18(28)20(30)12-22(16)34/h3-12H,13-14,31-32H2,1-2H3/b4-3+/t25-,26-/m0/s1. The van der Waals surface area contributed by atoms with E-state index in [4.69, 9.17) is 44.1 Å². The maximum atomic E-state index is 13.9. The maximum absolute atomic E-state index is 13.9. The Balaban J connectivity index is 1.36. The molecule has 2 aromatic carbocycles. The molecular weight excluding hydrogens is 541 g/mol. The molecular formula is C26H24Cl2F2N4O4. The Morgan fingerprint density at radius 2 is 1.18 bits per heavy atom. The Labute approximate surface area is 226 Å². The molecule has 0 unspecified atom stereocenters. The average molecular weight is 565 g/mol. The summed E-state index contributed by atoms with van der Waals surface area (Å²) in [5.41, 5.74) is 10.3. The van der Waals surface area contributed by atoms with E-state index in [0.717, 1.165) is 12.2 Å². The zero-order chi connectivity index (χ0) is 27.8. The number of benzene rings is 2. The average Bonchev–Trinajstić information content (AvgIpc) is 3.35. The summed E-state index contributed by atoms with van der Waals surface area (Å²) in [5, 5.41) is 1.35. The third kappa shape index (κ3) is 6.33. The normalized spacial score (nSPS) is 15.1. The van der Waals surface area contributed by atoms with Crippen LogP contribution in [0.1, 0.15) is 13.8 Å². The first-order valence-electron chi connectivity index (χ1n) is 11.3. The molecule has 0 aliphatic heterocycles. The van der Waals surface area contributed by atoms with Crippen molar-refractivity contribution in [3.05, 3.63) is 82.6 Å². The van der Waals surface area contributed by atoms with Crippen molar-refractivity contribution in [2.75, 3.05) is 0 Å². The lowest BCUT2D eigenvalue weighted by Gasteiger charge is -2.26. The first kappa shape index (κ1) is 27.6. The van der Waals surface area contributed by atoms with Crippen molar-refractivity contribution in [3.8, 4) is 0 Å². The highest BCUT2D eigenvalue weighted by atomic mass is 35.5. The van der Waals surface area contributed by atoms with E-state index in [1.54, 1.807) is 33.7 Å². The molecule has 0 aliphatic rings. The SMILES string of the molecule is C[C@@](N)(Cn1ccc2cc(Cl)c(F)cc21)OC(=O)/C=C/C(=O)O[C@](C)(N)Cn1ccc2cc(Cl)c(F)cc21. The molecule has 0 radical (unpaired) electrons. The van der Waals surface area contributed by atoms with Crippen molar-refractivity contribution >= 4 is 56.9 Å². The molecule has 200 valence electrons. The van der Waals surface area contributed by atoms with Gasteiger partial charge in [0.15, 0.2) is 11.4 Å². The molecule has 4 rings (SSSR count). The number of esters is 2. The minimum atomic E-state index is -1.50. The largest absolute Gasteiger partial charge is 0.439 e. The lowest BCUT2D eigenvalue weighted by atomic mass is 10.2. The van der Waals surface area contributed by atoms with Gasteiger partial charge in [-0.05, 0) is 50.2 Å². The van der Waals surface area contributed by atoms with Crippen LogP contribution in [-0.4, -0.2) is 32.5 Å². The number of fused-ring (bicyclic) bond motifs is 2. The first-order valence-corrected chi connectivity index (χ1v) is 12.1. The number of nitrogens with two attached hydrogens (primary N) is 2. The van der Waals surface area contributed by atoms with Crippen molar-refractivity contribution < 1.29 is 27.8 Å². The van der Waals surface area contributed by atoms with E-state index in [0.29, 0.717) is 21.8 Å². The van der Waals surface area contributed by atoms with Crippen LogP contribution >= 0.6 is 23.2 Å². The Hall–Kier alpha value is -3.44. The van der Waals surface area contributed by atoms with Gasteiger partial charge in [-0.1, -0.05) is 23.2 Å². The third-order valence-electron chi connectivity index (χ3n) is 5.62. The van der Waals surface area contributed by atoms with Gasteiger partial charge in [0.2, 0.25) is 0 Å². The van der Waals surface area contributed by atoms with Gasteiger partial charge in [-0.2, -0.15) is 0 Å². The van der Waals surface area contributed by atoms with Gasteiger partial charge in [0.05, 0.1) is 34.2 Å². The smallest absolute Gasteiger partial charge is 0.332 e. The second kappa shape index (κ2) is 10.4. The van der Waals surface area contributed by atoms with Gasteiger partial charge in [0, 0.05) is 35.3 Å². The van der Waals surface area contributed by atoms with Crippen LogP contribution < -0.4 is 11.5 Å². The number of rotatable bonds is 8. The fourth-order valence-corrected chi connectivity index (χ4v) is 4.39. The lowest BCUT2D eigenvalue weighted by molar-refractivity contribution is -0.155. The number of aromatic nitrogens is 2. The molecule has 0 spiro atoms. The van der Waals surface area contributed by atoms with Gasteiger partial charge >= 0.3 is 11.9 Å². The molecule has 2 atom stereocenters. The van der Waals surface area contributed by atoms with Gasteiger partial charge in [-0.25, -0.2) is 18.4 Å². The molecule has 0 aliphatic carbocycles. The minimum Gasteiger partial charge on any atom is -0.439 e.